The predicted octanol–water partition coefficient (Wildman–Crippen LogP) is 1.96. The number of hydrogen-bond acceptors (Lipinski definition) is 4. The number of nitrogens with zero attached hydrogens (tertiary/aromatic N) is 3. The number of rotatable bonds is 3. The van der Waals surface area contributed by atoms with Crippen LogP contribution in [0.4, 0.5) is 14.3 Å². The molecule has 0 saturated carbocycles. The topological polar surface area (TPSA) is 65.5 Å². The zero-order chi connectivity index (χ0) is 15.5. The fourth-order valence-electron chi connectivity index (χ4n) is 3.10. The number of anilines is 1. The van der Waals surface area contributed by atoms with Gasteiger partial charge in [-0.05, 0) is 12.8 Å². The molecule has 8 heteroatoms. The largest absolute Gasteiger partial charge is 0.339 e. The molecule has 0 aliphatic carbocycles. The Kier molecular flexibility index (Phi) is 4.56. The fraction of sp³-hybridized carbons (Fsp3) is 0.643. The molecule has 3 heterocycles. The van der Waals surface area contributed by atoms with Crippen molar-refractivity contribution in [1.29, 1.82) is 0 Å². The molecule has 3 rings (SSSR count). The van der Waals surface area contributed by atoms with Gasteiger partial charge in [0.2, 0.25) is 5.91 Å². The summed E-state index contributed by atoms with van der Waals surface area (Å²) in [5, 5.41) is 5.16. The van der Waals surface area contributed by atoms with E-state index in [4.69, 9.17) is 0 Å². The summed E-state index contributed by atoms with van der Waals surface area (Å²) in [7, 11) is 0. The number of nitrogens with one attached hydrogen (secondary N) is 1. The molecular weight excluding hydrogens is 307 g/mol. The minimum absolute atomic E-state index is 0.0494. The van der Waals surface area contributed by atoms with Gasteiger partial charge in [0.1, 0.15) is 0 Å². The molecule has 1 unspecified atom stereocenters. The fourth-order valence-corrected chi connectivity index (χ4v) is 3.62. The summed E-state index contributed by atoms with van der Waals surface area (Å²) in [6.45, 7) is 1.29. The third-order valence-corrected chi connectivity index (χ3v) is 4.98. The van der Waals surface area contributed by atoms with Gasteiger partial charge in [0.15, 0.2) is 5.13 Å². The molecule has 2 aliphatic heterocycles. The van der Waals surface area contributed by atoms with E-state index in [1.807, 2.05) is 5.38 Å². The molecule has 120 valence electrons. The van der Waals surface area contributed by atoms with E-state index in [1.54, 1.807) is 16.0 Å². The lowest BCUT2D eigenvalue weighted by molar-refractivity contribution is -0.130. The Hall–Kier alpha value is -1.70. The number of carbonyl (C=O) groups is 2. The molecule has 2 aliphatic rings. The number of piperidine rings is 1. The first-order chi connectivity index (χ1) is 10.7. The van der Waals surface area contributed by atoms with Crippen LogP contribution in [0.5, 0.6) is 0 Å². The lowest BCUT2D eigenvalue weighted by atomic mass is 10.0. The van der Waals surface area contributed by atoms with Crippen LogP contribution in [-0.2, 0) is 4.79 Å². The van der Waals surface area contributed by atoms with Gasteiger partial charge >= 0.3 is 6.03 Å². The zero-order valence-corrected chi connectivity index (χ0v) is 13.0. The summed E-state index contributed by atoms with van der Waals surface area (Å²) in [6, 6.07) is -0.0178. The molecule has 0 spiro atoms. The minimum atomic E-state index is -0.433. The number of urea groups is 1. The number of likely N-dealkylation sites (tertiary alicyclic amines) is 2. The smallest absolute Gasteiger partial charge is 0.323 e. The maximum Gasteiger partial charge on any atom is 0.323 e. The molecule has 2 saturated heterocycles. The molecule has 22 heavy (non-hydrogen) atoms. The van der Waals surface area contributed by atoms with Gasteiger partial charge in [-0.2, -0.15) is 0 Å². The van der Waals surface area contributed by atoms with Gasteiger partial charge in [0.05, 0.1) is 6.67 Å². The van der Waals surface area contributed by atoms with E-state index >= 15 is 0 Å². The molecule has 1 aromatic rings. The maximum atomic E-state index is 12.7. The van der Waals surface area contributed by atoms with E-state index in [1.165, 1.54) is 11.3 Å². The Balaban J connectivity index is 1.50. The summed E-state index contributed by atoms with van der Waals surface area (Å²) >= 11 is 1.38. The summed E-state index contributed by atoms with van der Waals surface area (Å²) < 4.78 is 12.7. The highest BCUT2D eigenvalue weighted by Gasteiger charge is 2.36. The zero-order valence-electron chi connectivity index (χ0n) is 12.2. The van der Waals surface area contributed by atoms with Gasteiger partial charge in [-0.15, -0.1) is 11.3 Å². The molecule has 3 amide bonds. The quantitative estimate of drug-likeness (QED) is 0.923. The number of aromatic nitrogens is 1. The number of halogens is 1. The van der Waals surface area contributed by atoms with Crippen molar-refractivity contribution in [2.24, 2.45) is 5.92 Å². The van der Waals surface area contributed by atoms with E-state index < -0.39 is 6.67 Å². The third-order valence-electron chi connectivity index (χ3n) is 4.30. The van der Waals surface area contributed by atoms with Gasteiger partial charge in [0.25, 0.3) is 0 Å². The molecule has 0 aromatic carbocycles. The highest BCUT2D eigenvalue weighted by Crippen LogP contribution is 2.26. The minimum Gasteiger partial charge on any atom is -0.339 e. The second-order valence-electron chi connectivity index (χ2n) is 5.76. The van der Waals surface area contributed by atoms with Crippen LogP contribution in [0.1, 0.15) is 19.3 Å². The standard InChI is InChI=1S/C14H19FN4O2S/c15-8-10-7-12(20)19(9-10)11-1-4-18(5-2-11)14(21)17-13-16-3-6-22-13/h3,6,10-11H,1-2,4-5,7-9H2,(H,16,17,21). The first-order valence-electron chi connectivity index (χ1n) is 7.48. The molecule has 2 fully saturated rings. The Morgan fingerprint density at radius 2 is 2.23 bits per heavy atom. The van der Waals surface area contributed by atoms with Crippen LogP contribution in [0.25, 0.3) is 0 Å². The van der Waals surface area contributed by atoms with Crippen LogP contribution in [0, 0.1) is 5.92 Å². The Labute approximate surface area is 132 Å². The van der Waals surface area contributed by atoms with E-state index in [0.717, 1.165) is 12.8 Å². The van der Waals surface area contributed by atoms with E-state index in [-0.39, 0.29) is 23.9 Å². The first kappa shape index (κ1) is 15.2. The lowest BCUT2D eigenvalue weighted by Gasteiger charge is -2.36. The van der Waals surface area contributed by atoms with Crippen molar-refractivity contribution in [3.63, 3.8) is 0 Å². The maximum absolute atomic E-state index is 12.7. The summed E-state index contributed by atoms with van der Waals surface area (Å²) in [4.78, 5) is 31.6. The van der Waals surface area contributed by atoms with Gasteiger partial charge < -0.3 is 9.80 Å². The number of amides is 3. The SMILES string of the molecule is O=C(Nc1nccs1)N1CCC(N2CC(CF)CC2=O)CC1. The number of alkyl halides is 1. The van der Waals surface area contributed by atoms with E-state index in [9.17, 15) is 14.0 Å². The summed E-state index contributed by atoms with van der Waals surface area (Å²) in [5.41, 5.74) is 0. The Morgan fingerprint density at radius 1 is 1.45 bits per heavy atom. The van der Waals surface area contributed by atoms with Crippen LogP contribution < -0.4 is 5.32 Å². The molecule has 1 N–H and O–H groups in total. The van der Waals surface area contributed by atoms with Crippen molar-refractivity contribution < 1.29 is 14.0 Å². The molecule has 1 aromatic heterocycles. The first-order valence-corrected chi connectivity index (χ1v) is 8.36. The van der Waals surface area contributed by atoms with Crippen LogP contribution in [0.3, 0.4) is 0 Å². The van der Waals surface area contributed by atoms with Gasteiger partial charge in [-0.3, -0.25) is 14.5 Å². The highest BCUT2D eigenvalue weighted by atomic mass is 32.1. The third kappa shape index (κ3) is 3.21. The van der Waals surface area contributed by atoms with Crippen molar-refractivity contribution in [3.8, 4) is 0 Å². The molecule has 0 bridgehead atoms. The summed E-state index contributed by atoms with van der Waals surface area (Å²) in [6.07, 6.45) is 3.46. The second-order valence-corrected chi connectivity index (χ2v) is 6.65. The number of carbonyl (C=O) groups excluding carboxylic acids is 2. The lowest BCUT2D eigenvalue weighted by Crippen LogP contribution is -2.48. The van der Waals surface area contributed by atoms with Crippen molar-refractivity contribution in [1.82, 2.24) is 14.8 Å². The normalized spacial score (nSPS) is 23.1. The van der Waals surface area contributed by atoms with Crippen molar-refractivity contribution in [2.45, 2.75) is 25.3 Å². The van der Waals surface area contributed by atoms with Crippen molar-refractivity contribution in [3.05, 3.63) is 11.6 Å². The van der Waals surface area contributed by atoms with Gasteiger partial charge in [0, 0.05) is 49.6 Å². The number of thiazole rings is 1. The Morgan fingerprint density at radius 3 is 2.82 bits per heavy atom. The average Bonchev–Trinajstić information content (AvgIpc) is 3.17. The van der Waals surface area contributed by atoms with E-state index in [0.29, 0.717) is 31.2 Å². The molecule has 1 atom stereocenters. The van der Waals surface area contributed by atoms with Gasteiger partial charge in [-0.25, -0.2) is 9.78 Å². The summed E-state index contributed by atoms with van der Waals surface area (Å²) in [5.74, 6) is -0.105. The number of hydrogen-bond donors (Lipinski definition) is 1. The van der Waals surface area contributed by atoms with Crippen LogP contribution in [-0.4, -0.2) is 59.1 Å². The second kappa shape index (κ2) is 6.60. The van der Waals surface area contributed by atoms with Crippen LogP contribution in [0.2, 0.25) is 0 Å². The average molecular weight is 326 g/mol. The predicted molar refractivity (Wildman–Crippen MR) is 81.5 cm³/mol. The van der Waals surface area contributed by atoms with Crippen molar-refractivity contribution in [2.75, 3.05) is 31.6 Å². The van der Waals surface area contributed by atoms with Gasteiger partial charge in [-0.1, -0.05) is 0 Å². The highest BCUT2D eigenvalue weighted by molar-refractivity contribution is 7.13. The monoisotopic (exact) mass is 326 g/mol. The molecule has 0 radical (unpaired) electrons. The van der Waals surface area contributed by atoms with Crippen LogP contribution >= 0.6 is 11.3 Å². The van der Waals surface area contributed by atoms with Crippen molar-refractivity contribution >= 4 is 28.4 Å². The molecular formula is C14H19FN4O2S. The van der Waals surface area contributed by atoms with E-state index in [2.05, 4.69) is 10.3 Å². The molecule has 6 nitrogen and oxygen atoms in total. The Bertz CT molecular complexity index is 531. The van der Waals surface area contributed by atoms with Crippen LogP contribution in [0.15, 0.2) is 11.6 Å².